The third-order valence-corrected chi connectivity index (χ3v) is 7.96. The van der Waals surface area contributed by atoms with Crippen molar-refractivity contribution in [2.45, 2.75) is 20.8 Å². The van der Waals surface area contributed by atoms with E-state index < -0.39 is 0 Å². The molecule has 6 rings (SSSR count). The third-order valence-electron chi connectivity index (χ3n) is 7.96. The Morgan fingerprint density at radius 1 is 0.596 bits per heavy atom. The fourth-order valence-corrected chi connectivity index (χ4v) is 5.55. The molecule has 0 aliphatic heterocycles. The summed E-state index contributed by atoms with van der Waals surface area (Å²) < 4.78 is 0. The van der Waals surface area contributed by atoms with Crippen LogP contribution in [-0.4, -0.2) is 21.7 Å². The van der Waals surface area contributed by atoms with Gasteiger partial charge in [-0.1, -0.05) is 121 Å². The normalized spacial score (nSPS) is 12.3. The van der Waals surface area contributed by atoms with Gasteiger partial charge in [-0.15, -0.1) is 0 Å². The lowest BCUT2D eigenvalue weighted by Gasteiger charge is -2.14. The van der Waals surface area contributed by atoms with E-state index in [9.17, 15) is 0 Å². The van der Waals surface area contributed by atoms with E-state index in [0.717, 1.165) is 50.2 Å². The van der Waals surface area contributed by atoms with Gasteiger partial charge in [-0.2, -0.15) is 0 Å². The van der Waals surface area contributed by atoms with Gasteiger partial charge in [0.25, 0.3) is 0 Å². The van der Waals surface area contributed by atoms with Crippen molar-refractivity contribution in [2.24, 2.45) is 4.99 Å². The van der Waals surface area contributed by atoms with Crippen LogP contribution in [0.3, 0.4) is 0 Å². The summed E-state index contributed by atoms with van der Waals surface area (Å²) in [5.74, 6) is 1.89. The van der Waals surface area contributed by atoms with Crippen LogP contribution in [0.4, 0.5) is 0 Å². The molecule has 5 aromatic carbocycles. The molecule has 0 spiro atoms. The number of aromatic nitrogens is 3. The van der Waals surface area contributed by atoms with Crippen LogP contribution in [0, 0.1) is 0 Å². The highest BCUT2D eigenvalue weighted by Gasteiger charge is 2.16. The predicted molar refractivity (Wildman–Crippen MR) is 200 cm³/mol. The number of hydrogen-bond donors (Lipinski definition) is 0. The molecule has 0 saturated carbocycles. The van der Waals surface area contributed by atoms with E-state index >= 15 is 0 Å². The maximum absolute atomic E-state index is 5.05. The van der Waals surface area contributed by atoms with Crippen LogP contribution in [0.15, 0.2) is 157 Å². The molecule has 1 aromatic heterocycles. The molecule has 0 fully saturated rings. The zero-order chi connectivity index (χ0) is 32.6. The van der Waals surface area contributed by atoms with Gasteiger partial charge in [-0.25, -0.2) is 15.0 Å². The van der Waals surface area contributed by atoms with E-state index in [1.165, 1.54) is 10.8 Å². The summed E-state index contributed by atoms with van der Waals surface area (Å²) in [6, 6.07) is 40.0. The zero-order valence-corrected chi connectivity index (χ0v) is 26.9. The van der Waals surface area contributed by atoms with E-state index in [2.05, 4.69) is 96.6 Å². The Morgan fingerprint density at radius 2 is 1.23 bits per heavy atom. The summed E-state index contributed by atoms with van der Waals surface area (Å²) in [6.45, 7) is 9.84. The zero-order valence-electron chi connectivity index (χ0n) is 26.9. The van der Waals surface area contributed by atoms with Crippen molar-refractivity contribution in [3.8, 4) is 45.0 Å². The summed E-state index contributed by atoms with van der Waals surface area (Å²) in [7, 11) is 0. The first-order valence-corrected chi connectivity index (χ1v) is 15.7. The maximum atomic E-state index is 5.05. The minimum absolute atomic E-state index is 0.614. The number of fused-ring (bicyclic) bond motifs is 1. The predicted octanol–water partition coefficient (Wildman–Crippen LogP) is 11.3. The van der Waals surface area contributed by atoms with E-state index in [1.54, 1.807) is 0 Å². The van der Waals surface area contributed by atoms with Gasteiger partial charge in [0.2, 0.25) is 0 Å². The summed E-state index contributed by atoms with van der Waals surface area (Å²) in [6.07, 6.45) is 12.0. The molecule has 228 valence electrons. The van der Waals surface area contributed by atoms with Crippen molar-refractivity contribution in [3.63, 3.8) is 0 Å². The molecular formula is C43H36N4. The van der Waals surface area contributed by atoms with Crippen LogP contribution in [0.5, 0.6) is 0 Å². The van der Waals surface area contributed by atoms with Crippen molar-refractivity contribution in [1.29, 1.82) is 0 Å². The third kappa shape index (κ3) is 6.98. The summed E-state index contributed by atoms with van der Waals surface area (Å²) in [5.41, 5.74) is 8.93. The molecule has 0 saturated heterocycles. The largest absolute Gasteiger partial charge is 0.264 e. The van der Waals surface area contributed by atoms with Crippen molar-refractivity contribution in [3.05, 3.63) is 163 Å². The second kappa shape index (κ2) is 14.4. The molecule has 0 unspecified atom stereocenters. The molecule has 4 heteroatoms. The van der Waals surface area contributed by atoms with Crippen LogP contribution in [0.1, 0.15) is 32.2 Å². The van der Waals surface area contributed by atoms with Crippen LogP contribution in [-0.2, 0) is 0 Å². The number of aliphatic imine (C=N–C) groups is 1. The maximum Gasteiger partial charge on any atom is 0.164 e. The van der Waals surface area contributed by atoms with Gasteiger partial charge in [0.05, 0.1) is 5.70 Å². The molecule has 6 aromatic rings. The van der Waals surface area contributed by atoms with Gasteiger partial charge in [0, 0.05) is 16.7 Å². The molecule has 0 atom stereocenters. The van der Waals surface area contributed by atoms with Crippen LogP contribution >= 0.6 is 0 Å². The Labute approximate surface area is 277 Å². The van der Waals surface area contributed by atoms with Gasteiger partial charge in [0.1, 0.15) is 0 Å². The highest BCUT2D eigenvalue weighted by Crippen LogP contribution is 2.36. The first-order chi connectivity index (χ1) is 23.1. The Hall–Kier alpha value is -6.00. The van der Waals surface area contributed by atoms with Crippen LogP contribution in [0.2, 0.25) is 0 Å². The fraction of sp³-hybridized carbons (Fsp3) is 0.0698. The molecule has 47 heavy (non-hydrogen) atoms. The lowest BCUT2D eigenvalue weighted by atomic mass is 9.92. The first-order valence-electron chi connectivity index (χ1n) is 15.7. The average molecular weight is 609 g/mol. The number of benzene rings is 5. The molecule has 0 amide bonds. The van der Waals surface area contributed by atoms with E-state index in [1.807, 2.05) is 87.6 Å². The average Bonchev–Trinajstić information content (AvgIpc) is 3.14. The van der Waals surface area contributed by atoms with Crippen molar-refractivity contribution in [2.75, 3.05) is 0 Å². The van der Waals surface area contributed by atoms with E-state index in [4.69, 9.17) is 15.0 Å². The first kappa shape index (κ1) is 31.0. The van der Waals surface area contributed by atoms with Gasteiger partial charge >= 0.3 is 0 Å². The second-order valence-corrected chi connectivity index (χ2v) is 11.2. The standard InChI is InChI=1S/C43H36N4/c1-5-7-16-30(3)41-45-42(32-18-10-9-11-19-32)47-43(46-41)37-28-35(33-21-14-22-34(26-33)40(44-4)25-8-6-2)27-36(29-37)39-24-15-20-31-17-12-13-23-38(31)39/h5-29H,4H2,1-3H3/b7-5-,8-6-,30-16+,40-25-. The van der Waals surface area contributed by atoms with Crippen molar-refractivity contribution < 1.29 is 0 Å². The minimum Gasteiger partial charge on any atom is -0.264 e. The smallest absolute Gasteiger partial charge is 0.164 e. The fourth-order valence-electron chi connectivity index (χ4n) is 5.55. The van der Waals surface area contributed by atoms with Gasteiger partial charge in [-0.05, 0) is 96.4 Å². The highest BCUT2D eigenvalue weighted by atomic mass is 15.0. The summed E-state index contributed by atoms with van der Waals surface area (Å²) in [4.78, 5) is 19.3. The van der Waals surface area contributed by atoms with E-state index in [-0.39, 0.29) is 0 Å². The molecule has 0 aliphatic rings. The molecule has 0 aliphatic carbocycles. The minimum atomic E-state index is 0.614. The molecule has 0 N–H and O–H groups in total. The summed E-state index contributed by atoms with van der Waals surface area (Å²) in [5, 5.41) is 2.37. The highest BCUT2D eigenvalue weighted by molar-refractivity contribution is 5.98. The Bertz CT molecular complexity index is 2180. The molecule has 4 nitrogen and oxygen atoms in total. The van der Waals surface area contributed by atoms with Crippen LogP contribution in [0.25, 0.3) is 67.1 Å². The monoisotopic (exact) mass is 608 g/mol. The van der Waals surface area contributed by atoms with Crippen molar-refractivity contribution in [1.82, 2.24) is 15.0 Å². The van der Waals surface area contributed by atoms with Gasteiger partial charge < -0.3 is 0 Å². The lowest BCUT2D eigenvalue weighted by Crippen LogP contribution is -2.02. The molecule has 0 bridgehead atoms. The van der Waals surface area contributed by atoms with Crippen molar-refractivity contribution >= 4 is 28.8 Å². The molecule has 1 heterocycles. The van der Waals surface area contributed by atoms with Gasteiger partial charge in [0.15, 0.2) is 17.5 Å². The molecule has 0 radical (unpaired) electrons. The Kier molecular flexibility index (Phi) is 9.50. The SMILES string of the molecule is C=N/C(=C\C=C/C)c1cccc(-c2cc(-c3nc(/C(C)=C/C=C\C)nc(-c4ccccc4)n3)cc(-c3cccc4ccccc34)c2)c1. The van der Waals surface area contributed by atoms with E-state index in [0.29, 0.717) is 17.5 Å². The number of nitrogens with zero attached hydrogens (tertiary/aromatic N) is 4. The molecular weight excluding hydrogens is 573 g/mol. The number of rotatable bonds is 9. The lowest BCUT2D eigenvalue weighted by molar-refractivity contribution is 1.03. The number of allylic oxidation sites excluding steroid dienone is 7. The second-order valence-electron chi connectivity index (χ2n) is 11.2. The topological polar surface area (TPSA) is 51.0 Å². The van der Waals surface area contributed by atoms with Crippen LogP contribution < -0.4 is 0 Å². The Morgan fingerprint density at radius 3 is 2.02 bits per heavy atom. The van der Waals surface area contributed by atoms with Gasteiger partial charge in [-0.3, -0.25) is 4.99 Å². The number of hydrogen-bond acceptors (Lipinski definition) is 4. The quantitative estimate of drug-likeness (QED) is 0.121. The Balaban J connectivity index is 1.61. The summed E-state index contributed by atoms with van der Waals surface area (Å²) >= 11 is 0.